The normalized spacial score (nSPS) is 10.6. The number of benzene rings is 1. The van der Waals surface area contributed by atoms with Crippen molar-refractivity contribution in [2.24, 2.45) is 0 Å². The Balaban J connectivity index is 1.71. The van der Waals surface area contributed by atoms with Crippen LogP contribution in [0.15, 0.2) is 42.5 Å². The third-order valence-corrected chi connectivity index (χ3v) is 4.12. The number of ketones is 1. The van der Waals surface area contributed by atoms with Crippen LogP contribution in [0, 0.1) is 0 Å². The van der Waals surface area contributed by atoms with Crippen LogP contribution in [0.3, 0.4) is 0 Å². The van der Waals surface area contributed by atoms with Crippen molar-refractivity contribution in [3.05, 3.63) is 58.9 Å². The molecule has 0 bridgehead atoms. The number of nitrogens with zero attached hydrogens (tertiary/aromatic N) is 2. The number of carbonyl (C=O) groups is 2. The molecular weight excluding hydrogens is 298 g/mol. The molecular formula is C16H13N3O2S. The summed E-state index contributed by atoms with van der Waals surface area (Å²) in [5.41, 5.74) is 1.44. The minimum Gasteiger partial charge on any atom is -0.344 e. The molecule has 3 aromatic rings. The molecule has 2 heterocycles. The van der Waals surface area contributed by atoms with Gasteiger partial charge < -0.3 is 5.32 Å². The molecule has 0 aliphatic rings. The van der Waals surface area contributed by atoms with Crippen LogP contribution in [0.4, 0.5) is 0 Å². The van der Waals surface area contributed by atoms with Gasteiger partial charge in [-0.05, 0) is 24.3 Å². The van der Waals surface area contributed by atoms with E-state index < -0.39 is 0 Å². The van der Waals surface area contributed by atoms with Crippen LogP contribution in [0.25, 0.3) is 10.2 Å². The molecule has 0 aliphatic carbocycles. The molecule has 0 radical (unpaired) electrons. The molecule has 0 fully saturated rings. The topological polar surface area (TPSA) is 72.0 Å². The van der Waals surface area contributed by atoms with Crippen LogP contribution < -0.4 is 5.32 Å². The van der Waals surface area contributed by atoms with Gasteiger partial charge in [-0.25, -0.2) is 9.97 Å². The first-order valence-electron chi connectivity index (χ1n) is 6.74. The van der Waals surface area contributed by atoms with Gasteiger partial charge in [0, 0.05) is 6.92 Å². The first-order chi connectivity index (χ1) is 10.6. The SMILES string of the molecule is CC(=O)c1cccc(C(=O)NCc2nc3ccccc3s2)n1. The van der Waals surface area contributed by atoms with Gasteiger partial charge in [-0.1, -0.05) is 18.2 Å². The third kappa shape index (κ3) is 3.01. The van der Waals surface area contributed by atoms with Crippen molar-refractivity contribution in [2.45, 2.75) is 13.5 Å². The maximum atomic E-state index is 12.1. The molecule has 0 saturated heterocycles. The van der Waals surface area contributed by atoms with Crippen LogP contribution in [-0.4, -0.2) is 21.7 Å². The minimum absolute atomic E-state index is 0.166. The van der Waals surface area contributed by atoms with E-state index in [-0.39, 0.29) is 23.1 Å². The number of aromatic nitrogens is 2. The lowest BCUT2D eigenvalue weighted by molar-refractivity contribution is 0.0945. The molecule has 110 valence electrons. The number of thiazole rings is 1. The number of nitrogens with one attached hydrogen (secondary N) is 1. The number of fused-ring (bicyclic) bond motifs is 1. The number of hydrogen-bond donors (Lipinski definition) is 1. The van der Waals surface area contributed by atoms with Crippen LogP contribution in [-0.2, 0) is 6.54 Å². The summed E-state index contributed by atoms with van der Waals surface area (Å²) in [5.74, 6) is -0.483. The Hall–Kier alpha value is -2.60. The fourth-order valence-corrected chi connectivity index (χ4v) is 2.91. The van der Waals surface area contributed by atoms with E-state index in [9.17, 15) is 9.59 Å². The van der Waals surface area contributed by atoms with E-state index in [1.165, 1.54) is 6.92 Å². The number of rotatable bonds is 4. The van der Waals surface area contributed by atoms with Crippen LogP contribution in [0.1, 0.15) is 32.9 Å². The van der Waals surface area contributed by atoms with Gasteiger partial charge in [0.1, 0.15) is 16.4 Å². The fraction of sp³-hybridized carbons (Fsp3) is 0.125. The van der Waals surface area contributed by atoms with E-state index in [1.54, 1.807) is 29.5 Å². The average Bonchev–Trinajstić information content (AvgIpc) is 2.95. The highest BCUT2D eigenvalue weighted by Crippen LogP contribution is 2.21. The Kier molecular flexibility index (Phi) is 3.93. The molecule has 1 aromatic carbocycles. The van der Waals surface area contributed by atoms with Crippen molar-refractivity contribution in [3.63, 3.8) is 0 Å². The monoisotopic (exact) mass is 311 g/mol. The Bertz CT molecular complexity index is 824. The molecule has 6 heteroatoms. The molecule has 0 atom stereocenters. The molecule has 0 aliphatic heterocycles. The van der Waals surface area contributed by atoms with E-state index in [0.717, 1.165) is 15.2 Å². The molecule has 5 nitrogen and oxygen atoms in total. The summed E-state index contributed by atoms with van der Waals surface area (Å²) in [6, 6.07) is 12.6. The second-order valence-corrected chi connectivity index (χ2v) is 5.84. The molecule has 1 amide bonds. The van der Waals surface area contributed by atoms with Crippen LogP contribution in [0.5, 0.6) is 0 Å². The number of hydrogen-bond acceptors (Lipinski definition) is 5. The highest BCUT2D eigenvalue weighted by molar-refractivity contribution is 7.18. The molecule has 0 spiro atoms. The van der Waals surface area contributed by atoms with E-state index in [2.05, 4.69) is 15.3 Å². The zero-order chi connectivity index (χ0) is 15.5. The van der Waals surface area contributed by atoms with Crippen molar-refractivity contribution < 1.29 is 9.59 Å². The average molecular weight is 311 g/mol. The third-order valence-electron chi connectivity index (χ3n) is 3.08. The van der Waals surface area contributed by atoms with Gasteiger partial charge in [-0.3, -0.25) is 9.59 Å². The van der Waals surface area contributed by atoms with Crippen molar-refractivity contribution >= 4 is 33.2 Å². The summed E-state index contributed by atoms with van der Waals surface area (Å²) in [6.07, 6.45) is 0. The Labute approximate surface area is 131 Å². The minimum atomic E-state index is -0.317. The first kappa shape index (κ1) is 14.3. The van der Waals surface area contributed by atoms with Crippen molar-refractivity contribution in [1.82, 2.24) is 15.3 Å². The molecule has 0 unspecified atom stereocenters. The highest BCUT2D eigenvalue weighted by Gasteiger charge is 2.11. The van der Waals surface area contributed by atoms with E-state index >= 15 is 0 Å². The fourth-order valence-electron chi connectivity index (χ4n) is 2.00. The first-order valence-corrected chi connectivity index (χ1v) is 7.56. The maximum absolute atomic E-state index is 12.1. The second kappa shape index (κ2) is 6.03. The predicted molar refractivity (Wildman–Crippen MR) is 85.0 cm³/mol. The van der Waals surface area contributed by atoms with Gasteiger partial charge in [0.15, 0.2) is 5.78 Å². The Morgan fingerprint density at radius 2 is 1.82 bits per heavy atom. The summed E-state index contributed by atoms with van der Waals surface area (Å²) < 4.78 is 1.09. The van der Waals surface area contributed by atoms with Gasteiger partial charge in [-0.2, -0.15) is 0 Å². The van der Waals surface area contributed by atoms with E-state index in [1.807, 2.05) is 24.3 Å². The van der Waals surface area contributed by atoms with Gasteiger partial charge >= 0.3 is 0 Å². The van der Waals surface area contributed by atoms with Gasteiger partial charge in [0.25, 0.3) is 5.91 Å². The van der Waals surface area contributed by atoms with Gasteiger partial charge in [0.2, 0.25) is 0 Å². The summed E-state index contributed by atoms with van der Waals surface area (Å²) in [6.45, 7) is 1.76. The smallest absolute Gasteiger partial charge is 0.270 e. The summed E-state index contributed by atoms with van der Waals surface area (Å²) in [4.78, 5) is 31.9. The lowest BCUT2D eigenvalue weighted by Gasteiger charge is -2.03. The highest BCUT2D eigenvalue weighted by atomic mass is 32.1. The molecule has 3 rings (SSSR count). The largest absolute Gasteiger partial charge is 0.344 e. The van der Waals surface area contributed by atoms with E-state index in [0.29, 0.717) is 6.54 Å². The van der Waals surface area contributed by atoms with Crippen molar-refractivity contribution in [2.75, 3.05) is 0 Å². The van der Waals surface area contributed by atoms with Crippen molar-refractivity contribution in [1.29, 1.82) is 0 Å². The second-order valence-electron chi connectivity index (χ2n) is 4.72. The maximum Gasteiger partial charge on any atom is 0.270 e. The number of pyridine rings is 1. The quantitative estimate of drug-likeness (QED) is 0.752. The molecule has 22 heavy (non-hydrogen) atoms. The summed E-state index contributed by atoms with van der Waals surface area (Å²) in [7, 11) is 0. The zero-order valence-electron chi connectivity index (χ0n) is 11.9. The lowest BCUT2D eigenvalue weighted by atomic mass is 10.2. The van der Waals surface area contributed by atoms with Crippen LogP contribution in [0.2, 0.25) is 0 Å². The van der Waals surface area contributed by atoms with Crippen LogP contribution >= 0.6 is 11.3 Å². The summed E-state index contributed by atoms with van der Waals surface area (Å²) >= 11 is 1.54. The van der Waals surface area contributed by atoms with Gasteiger partial charge in [0.05, 0.1) is 16.8 Å². The number of Topliss-reactive ketones (excluding diaryl/α,β-unsaturated/α-hetero) is 1. The standard InChI is InChI=1S/C16H13N3O2S/c1-10(20)11-6-4-7-13(18-11)16(21)17-9-15-19-12-5-2-3-8-14(12)22-15/h2-8H,9H2,1H3,(H,17,21). The van der Waals surface area contributed by atoms with Crippen molar-refractivity contribution in [3.8, 4) is 0 Å². The van der Waals surface area contributed by atoms with E-state index in [4.69, 9.17) is 0 Å². The number of carbonyl (C=O) groups excluding carboxylic acids is 2. The lowest BCUT2D eigenvalue weighted by Crippen LogP contribution is -2.24. The molecule has 0 saturated carbocycles. The number of para-hydroxylation sites is 1. The predicted octanol–water partition coefficient (Wildman–Crippen LogP) is 2.82. The zero-order valence-corrected chi connectivity index (χ0v) is 12.7. The molecule has 1 N–H and O–H groups in total. The molecule has 2 aromatic heterocycles. The Morgan fingerprint density at radius 1 is 1.05 bits per heavy atom. The summed E-state index contributed by atoms with van der Waals surface area (Å²) in [5, 5.41) is 3.61. The Morgan fingerprint density at radius 3 is 2.59 bits per heavy atom. The van der Waals surface area contributed by atoms with Gasteiger partial charge in [-0.15, -0.1) is 11.3 Å². The number of amides is 1.